The first-order valence-corrected chi connectivity index (χ1v) is 7.85. The van der Waals surface area contributed by atoms with Gasteiger partial charge in [-0.25, -0.2) is 0 Å². The Hall–Kier alpha value is -0.420. The van der Waals surface area contributed by atoms with E-state index in [4.69, 9.17) is 5.26 Å². The molecule has 1 fully saturated rings. The number of amides is 1. The van der Waals surface area contributed by atoms with Gasteiger partial charge in [-0.3, -0.25) is 9.69 Å². The Balaban J connectivity index is 1.97. The summed E-state index contributed by atoms with van der Waals surface area (Å²) in [6.07, 6.45) is 0. The van der Waals surface area contributed by atoms with Crippen molar-refractivity contribution < 1.29 is 4.79 Å². The lowest BCUT2D eigenvalue weighted by Crippen LogP contribution is -2.48. The number of rotatable bonds is 2. The second-order valence-electron chi connectivity index (χ2n) is 3.96. The lowest BCUT2D eigenvalue weighted by molar-refractivity contribution is 0.0656. The van der Waals surface area contributed by atoms with Crippen LogP contribution in [0.3, 0.4) is 0 Å². The molecule has 96 valence electrons. The second kappa shape index (κ2) is 6.15. The fourth-order valence-corrected chi connectivity index (χ4v) is 3.82. The van der Waals surface area contributed by atoms with Crippen LogP contribution in [0, 0.1) is 11.3 Å². The Morgan fingerprint density at radius 1 is 1.39 bits per heavy atom. The highest BCUT2D eigenvalue weighted by Gasteiger charge is 2.23. The molecule has 0 radical (unpaired) electrons. The molecule has 4 nitrogen and oxygen atoms in total. The Bertz CT molecular complexity index is 469. The molecule has 2 heterocycles. The third-order valence-electron chi connectivity index (χ3n) is 2.81. The summed E-state index contributed by atoms with van der Waals surface area (Å²) in [5, 5.41) is 8.62. The van der Waals surface area contributed by atoms with Gasteiger partial charge in [-0.15, -0.1) is 11.3 Å². The summed E-state index contributed by atoms with van der Waals surface area (Å²) < 4.78 is 1.85. The highest BCUT2D eigenvalue weighted by atomic mass is 79.9. The average Bonchev–Trinajstić information content (AvgIpc) is 2.70. The Morgan fingerprint density at radius 3 is 2.56 bits per heavy atom. The lowest BCUT2D eigenvalue weighted by Gasteiger charge is -2.33. The second-order valence-corrected chi connectivity index (χ2v) is 7.18. The van der Waals surface area contributed by atoms with E-state index in [2.05, 4.69) is 42.8 Å². The summed E-state index contributed by atoms with van der Waals surface area (Å²) in [5.74, 6) is 0.0722. The third-order valence-corrected chi connectivity index (χ3v) is 6.05. The first-order valence-electron chi connectivity index (χ1n) is 5.45. The van der Waals surface area contributed by atoms with Gasteiger partial charge in [0.25, 0.3) is 5.91 Å². The molecule has 0 unspecified atom stereocenters. The maximum absolute atomic E-state index is 12.2. The maximum atomic E-state index is 12.2. The van der Waals surface area contributed by atoms with E-state index in [1.807, 2.05) is 11.0 Å². The van der Waals surface area contributed by atoms with Crippen molar-refractivity contribution in [3.63, 3.8) is 0 Å². The highest BCUT2D eigenvalue weighted by Crippen LogP contribution is 2.33. The lowest BCUT2D eigenvalue weighted by atomic mass is 10.3. The van der Waals surface area contributed by atoms with Crippen LogP contribution in [0.15, 0.2) is 14.3 Å². The van der Waals surface area contributed by atoms with Gasteiger partial charge >= 0.3 is 0 Å². The first kappa shape index (κ1) is 14.0. The van der Waals surface area contributed by atoms with Crippen molar-refractivity contribution in [2.45, 2.75) is 0 Å². The number of hydrogen-bond acceptors (Lipinski definition) is 4. The number of nitriles is 1. The van der Waals surface area contributed by atoms with E-state index in [0.29, 0.717) is 19.6 Å². The summed E-state index contributed by atoms with van der Waals surface area (Å²) in [6.45, 7) is 3.36. The van der Waals surface area contributed by atoms with Crippen LogP contribution in [-0.2, 0) is 0 Å². The minimum absolute atomic E-state index is 0.0722. The van der Waals surface area contributed by atoms with E-state index >= 15 is 0 Å². The predicted octanol–water partition coefficient (Wildman–Crippen LogP) is 2.55. The smallest absolute Gasteiger partial charge is 0.264 e. The van der Waals surface area contributed by atoms with Crippen LogP contribution in [0.2, 0.25) is 0 Å². The zero-order valence-corrected chi connectivity index (χ0v) is 13.5. The van der Waals surface area contributed by atoms with E-state index < -0.39 is 0 Å². The van der Waals surface area contributed by atoms with Gasteiger partial charge in [-0.1, -0.05) is 0 Å². The molecule has 1 aliphatic rings. The molecular weight excluding hydrogens is 382 g/mol. The number of thiophene rings is 1. The zero-order chi connectivity index (χ0) is 13.1. The van der Waals surface area contributed by atoms with Crippen molar-refractivity contribution in [1.82, 2.24) is 9.80 Å². The van der Waals surface area contributed by atoms with E-state index in [1.165, 1.54) is 11.3 Å². The van der Waals surface area contributed by atoms with Gasteiger partial charge in [0.1, 0.15) is 0 Å². The maximum Gasteiger partial charge on any atom is 0.264 e. The summed E-state index contributed by atoms with van der Waals surface area (Å²) in [5.41, 5.74) is 0. The summed E-state index contributed by atoms with van der Waals surface area (Å²) in [6, 6.07) is 3.98. The van der Waals surface area contributed by atoms with Crippen molar-refractivity contribution in [3.8, 4) is 6.07 Å². The SMILES string of the molecule is N#CCN1CCN(C(=O)c2cc(Br)c(Br)s2)CC1. The van der Waals surface area contributed by atoms with Crippen molar-refractivity contribution in [2.24, 2.45) is 0 Å². The zero-order valence-electron chi connectivity index (χ0n) is 9.53. The Morgan fingerprint density at radius 2 is 2.06 bits per heavy atom. The topological polar surface area (TPSA) is 47.3 Å². The van der Waals surface area contributed by atoms with Gasteiger partial charge in [0.15, 0.2) is 0 Å². The van der Waals surface area contributed by atoms with Crippen LogP contribution < -0.4 is 0 Å². The molecule has 7 heteroatoms. The van der Waals surface area contributed by atoms with E-state index in [1.54, 1.807) is 0 Å². The van der Waals surface area contributed by atoms with Gasteiger partial charge in [-0.05, 0) is 37.9 Å². The van der Waals surface area contributed by atoms with Crippen LogP contribution >= 0.6 is 43.2 Å². The van der Waals surface area contributed by atoms with Gasteiger partial charge in [-0.2, -0.15) is 5.26 Å². The normalized spacial score (nSPS) is 16.6. The van der Waals surface area contributed by atoms with Crippen LogP contribution in [0.5, 0.6) is 0 Å². The monoisotopic (exact) mass is 391 g/mol. The number of hydrogen-bond donors (Lipinski definition) is 0. The van der Waals surface area contributed by atoms with Crippen molar-refractivity contribution >= 4 is 49.1 Å². The standard InChI is InChI=1S/C11H11Br2N3OS/c12-8-7-9(18-10(8)13)11(17)16-5-3-15(2-1-14)4-6-16/h7H,2-6H2. The molecule has 0 aliphatic carbocycles. The Labute approximate surface area is 126 Å². The molecule has 0 spiro atoms. The summed E-state index contributed by atoms with van der Waals surface area (Å²) >= 11 is 8.22. The number of carbonyl (C=O) groups is 1. The van der Waals surface area contributed by atoms with Crippen LogP contribution in [-0.4, -0.2) is 48.4 Å². The van der Waals surface area contributed by atoms with Gasteiger partial charge in [0.2, 0.25) is 0 Å². The molecule has 0 saturated carbocycles. The molecule has 1 aromatic rings. The number of piperazine rings is 1. The molecule has 18 heavy (non-hydrogen) atoms. The van der Waals surface area contributed by atoms with Crippen LogP contribution in [0.4, 0.5) is 0 Å². The average molecular weight is 393 g/mol. The molecule has 2 rings (SSSR count). The molecule has 0 aromatic carbocycles. The molecule has 0 bridgehead atoms. The number of halogens is 2. The third kappa shape index (κ3) is 3.12. The van der Waals surface area contributed by atoms with Crippen molar-refractivity contribution in [2.75, 3.05) is 32.7 Å². The number of carbonyl (C=O) groups excluding carboxylic acids is 1. The molecule has 1 saturated heterocycles. The minimum atomic E-state index is 0.0722. The van der Waals surface area contributed by atoms with Gasteiger partial charge in [0.05, 0.1) is 21.3 Å². The molecule has 1 amide bonds. The fraction of sp³-hybridized carbons (Fsp3) is 0.455. The molecule has 0 atom stereocenters. The van der Waals surface area contributed by atoms with Crippen molar-refractivity contribution in [3.05, 3.63) is 19.2 Å². The summed E-state index contributed by atoms with van der Waals surface area (Å²) in [4.78, 5) is 16.9. The van der Waals surface area contributed by atoms with Crippen molar-refractivity contribution in [1.29, 1.82) is 5.26 Å². The molecule has 1 aromatic heterocycles. The fourth-order valence-electron chi connectivity index (χ4n) is 1.82. The Kier molecular flexibility index (Phi) is 4.78. The van der Waals surface area contributed by atoms with Gasteiger partial charge in [0, 0.05) is 30.7 Å². The van der Waals surface area contributed by atoms with E-state index in [0.717, 1.165) is 26.2 Å². The predicted molar refractivity (Wildman–Crippen MR) is 77.7 cm³/mol. The van der Waals surface area contributed by atoms with E-state index in [9.17, 15) is 4.79 Å². The molecule has 0 N–H and O–H groups in total. The first-order chi connectivity index (χ1) is 8.61. The largest absolute Gasteiger partial charge is 0.335 e. The highest BCUT2D eigenvalue weighted by molar-refractivity contribution is 9.13. The minimum Gasteiger partial charge on any atom is -0.335 e. The van der Waals surface area contributed by atoms with Crippen LogP contribution in [0.1, 0.15) is 9.67 Å². The summed E-state index contributed by atoms with van der Waals surface area (Å²) in [7, 11) is 0. The molecular formula is C11H11Br2N3OS. The number of nitrogens with zero attached hydrogens (tertiary/aromatic N) is 3. The van der Waals surface area contributed by atoms with E-state index in [-0.39, 0.29) is 5.91 Å². The molecule has 1 aliphatic heterocycles. The van der Waals surface area contributed by atoms with Crippen LogP contribution in [0.25, 0.3) is 0 Å². The van der Waals surface area contributed by atoms with Gasteiger partial charge < -0.3 is 4.90 Å². The quantitative estimate of drug-likeness (QED) is 0.726.